The highest BCUT2D eigenvalue weighted by Gasteiger charge is 2.12. The minimum atomic E-state index is 0.150. The standard InChI is InChI=1S/C7H14O2S/c8-4-5-9-7-3-1-2-6-10-7/h7-8H,1-6H2. The van der Waals surface area contributed by atoms with Crippen molar-refractivity contribution in [3.05, 3.63) is 0 Å². The van der Waals surface area contributed by atoms with Crippen LogP contribution in [0.15, 0.2) is 0 Å². The Morgan fingerprint density at radius 1 is 1.50 bits per heavy atom. The maximum atomic E-state index is 8.46. The second-order valence-electron chi connectivity index (χ2n) is 2.39. The Labute approximate surface area is 66.0 Å². The Hall–Kier alpha value is 0.270. The van der Waals surface area contributed by atoms with Crippen LogP contribution in [0.1, 0.15) is 19.3 Å². The Kier molecular flexibility index (Phi) is 4.18. The van der Waals surface area contributed by atoms with Crippen molar-refractivity contribution in [3.8, 4) is 0 Å². The lowest BCUT2D eigenvalue weighted by molar-refractivity contribution is 0.0692. The lowest BCUT2D eigenvalue weighted by Gasteiger charge is -2.20. The van der Waals surface area contributed by atoms with Gasteiger partial charge in [0.15, 0.2) is 0 Å². The zero-order chi connectivity index (χ0) is 7.23. The van der Waals surface area contributed by atoms with Gasteiger partial charge in [-0.05, 0) is 25.0 Å². The SMILES string of the molecule is OCCOC1CCCCS1. The molecule has 0 spiro atoms. The van der Waals surface area contributed by atoms with Gasteiger partial charge in [-0.3, -0.25) is 0 Å². The Morgan fingerprint density at radius 3 is 3.00 bits per heavy atom. The Morgan fingerprint density at radius 2 is 2.40 bits per heavy atom. The first-order chi connectivity index (χ1) is 4.93. The van der Waals surface area contributed by atoms with E-state index in [9.17, 15) is 0 Å². The van der Waals surface area contributed by atoms with Gasteiger partial charge in [0.1, 0.15) is 5.44 Å². The number of hydrogen-bond donors (Lipinski definition) is 1. The van der Waals surface area contributed by atoms with Gasteiger partial charge >= 0.3 is 0 Å². The maximum absolute atomic E-state index is 8.46. The van der Waals surface area contributed by atoms with Gasteiger partial charge < -0.3 is 9.84 Å². The van der Waals surface area contributed by atoms with E-state index in [2.05, 4.69) is 0 Å². The quantitative estimate of drug-likeness (QED) is 0.677. The van der Waals surface area contributed by atoms with E-state index in [0.29, 0.717) is 12.0 Å². The minimum Gasteiger partial charge on any atom is -0.394 e. The van der Waals surface area contributed by atoms with E-state index in [1.807, 2.05) is 11.8 Å². The number of thioether (sulfide) groups is 1. The molecule has 0 aromatic heterocycles. The first-order valence-corrected chi connectivity index (χ1v) is 4.82. The predicted octanol–water partition coefficient (Wildman–Crippen LogP) is 1.24. The predicted molar refractivity (Wildman–Crippen MR) is 43.1 cm³/mol. The third-order valence-corrected chi connectivity index (χ3v) is 2.80. The van der Waals surface area contributed by atoms with Crippen molar-refractivity contribution < 1.29 is 9.84 Å². The molecular formula is C7H14O2S. The van der Waals surface area contributed by atoms with E-state index < -0.39 is 0 Å². The molecule has 1 aliphatic heterocycles. The van der Waals surface area contributed by atoms with Gasteiger partial charge in [-0.2, -0.15) is 0 Å². The van der Waals surface area contributed by atoms with E-state index in [1.165, 1.54) is 18.6 Å². The molecule has 0 amide bonds. The highest BCUT2D eigenvalue weighted by molar-refractivity contribution is 7.99. The van der Waals surface area contributed by atoms with Gasteiger partial charge in [0, 0.05) is 0 Å². The topological polar surface area (TPSA) is 29.5 Å². The molecule has 0 radical (unpaired) electrons. The highest BCUT2D eigenvalue weighted by Crippen LogP contribution is 2.25. The summed E-state index contributed by atoms with van der Waals surface area (Å²) < 4.78 is 5.35. The molecule has 0 aromatic carbocycles. The summed E-state index contributed by atoms with van der Waals surface area (Å²) in [4.78, 5) is 0. The van der Waals surface area contributed by atoms with Crippen LogP contribution in [0.25, 0.3) is 0 Å². The van der Waals surface area contributed by atoms with Crippen LogP contribution in [0.5, 0.6) is 0 Å². The van der Waals surface area contributed by atoms with Gasteiger partial charge in [0.05, 0.1) is 13.2 Å². The van der Waals surface area contributed by atoms with Crippen molar-refractivity contribution in [3.63, 3.8) is 0 Å². The molecule has 60 valence electrons. The third kappa shape index (κ3) is 2.90. The summed E-state index contributed by atoms with van der Waals surface area (Å²) in [6, 6.07) is 0. The molecule has 1 saturated heterocycles. The number of aliphatic hydroxyl groups excluding tert-OH is 1. The van der Waals surface area contributed by atoms with Crippen molar-refractivity contribution in [2.75, 3.05) is 19.0 Å². The normalized spacial score (nSPS) is 26.7. The number of rotatable bonds is 3. The average molecular weight is 162 g/mol. The molecule has 1 fully saturated rings. The molecule has 1 rings (SSSR count). The maximum Gasteiger partial charge on any atom is 0.103 e. The number of hydrogen-bond acceptors (Lipinski definition) is 3. The monoisotopic (exact) mass is 162 g/mol. The Bertz CT molecular complexity index is 81.7. The lowest BCUT2D eigenvalue weighted by Crippen LogP contribution is -2.15. The van der Waals surface area contributed by atoms with Gasteiger partial charge in [-0.15, -0.1) is 11.8 Å². The average Bonchev–Trinajstić information content (AvgIpc) is 2.03. The van der Waals surface area contributed by atoms with Crippen molar-refractivity contribution in [1.29, 1.82) is 0 Å². The highest BCUT2D eigenvalue weighted by atomic mass is 32.2. The molecule has 10 heavy (non-hydrogen) atoms. The molecule has 1 N–H and O–H groups in total. The summed E-state index contributed by atoms with van der Waals surface area (Å²) in [6.45, 7) is 0.648. The molecule has 0 aliphatic carbocycles. The Balaban J connectivity index is 2.02. The van der Waals surface area contributed by atoms with E-state index in [1.54, 1.807) is 0 Å². The molecule has 0 aromatic rings. The van der Waals surface area contributed by atoms with Gasteiger partial charge in [-0.1, -0.05) is 0 Å². The second kappa shape index (κ2) is 4.99. The second-order valence-corrected chi connectivity index (χ2v) is 3.66. The molecule has 0 bridgehead atoms. The number of ether oxygens (including phenoxy) is 1. The van der Waals surface area contributed by atoms with Crippen LogP contribution in [0.3, 0.4) is 0 Å². The van der Waals surface area contributed by atoms with Crippen LogP contribution in [-0.4, -0.2) is 29.5 Å². The summed E-state index contributed by atoms with van der Waals surface area (Å²) in [6.07, 6.45) is 3.76. The largest absolute Gasteiger partial charge is 0.394 e. The van der Waals surface area contributed by atoms with Crippen molar-refractivity contribution in [1.82, 2.24) is 0 Å². The van der Waals surface area contributed by atoms with Crippen LogP contribution in [-0.2, 0) is 4.74 Å². The summed E-state index contributed by atoms with van der Waals surface area (Å²) >= 11 is 1.87. The summed E-state index contributed by atoms with van der Waals surface area (Å²) in [5, 5.41) is 8.46. The summed E-state index contributed by atoms with van der Waals surface area (Å²) in [7, 11) is 0. The van der Waals surface area contributed by atoms with E-state index >= 15 is 0 Å². The lowest BCUT2D eigenvalue weighted by atomic mass is 10.2. The van der Waals surface area contributed by atoms with Gasteiger partial charge in [0.2, 0.25) is 0 Å². The smallest absolute Gasteiger partial charge is 0.103 e. The molecule has 1 atom stereocenters. The fraction of sp³-hybridized carbons (Fsp3) is 1.00. The third-order valence-electron chi connectivity index (χ3n) is 1.53. The molecule has 2 nitrogen and oxygen atoms in total. The van der Waals surface area contributed by atoms with Gasteiger partial charge in [0.25, 0.3) is 0 Å². The zero-order valence-electron chi connectivity index (χ0n) is 6.08. The zero-order valence-corrected chi connectivity index (χ0v) is 6.90. The van der Waals surface area contributed by atoms with Crippen LogP contribution in [0.4, 0.5) is 0 Å². The van der Waals surface area contributed by atoms with E-state index in [0.717, 1.165) is 6.42 Å². The first kappa shape index (κ1) is 8.37. The van der Waals surface area contributed by atoms with Crippen molar-refractivity contribution in [2.24, 2.45) is 0 Å². The van der Waals surface area contributed by atoms with E-state index in [4.69, 9.17) is 9.84 Å². The van der Waals surface area contributed by atoms with E-state index in [-0.39, 0.29) is 6.61 Å². The fourth-order valence-corrected chi connectivity index (χ4v) is 2.19. The number of aliphatic hydroxyl groups is 1. The van der Waals surface area contributed by atoms with Gasteiger partial charge in [-0.25, -0.2) is 0 Å². The summed E-state index contributed by atoms with van der Waals surface area (Å²) in [5.41, 5.74) is 0.362. The van der Waals surface area contributed by atoms with Crippen molar-refractivity contribution >= 4 is 11.8 Å². The first-order valence-electron chi connectivity index (χ1n) is 3.77. The minimum absolute atomic E-state index is 0.150. The summed E-state index contributed by atoms with van der Waals surface area (Å²) in [5.74, 6) is 1.22. The molecular weight excluding hydrogens is 148 g/mol. The van der Waals surface area contributed by atoms with Crippen LogP contribution in [0, 0.1) is 0 Å². The van der Waals surface area contributed by atoms with Crippen LogP contribution >= 0.6 is 11.8 Å². The molecule has 0 saturated carbocycles. The van der Waals surface area contributed by atoms with Crippen LogP contribution in [0.2, 0.25) is 0 Å². The molecule has 3 heteroatoms. The van der Waals surface area contributed by atoms with Crippen LogP contribution < -0.4 is 0 Å². The molecule has 1 unspecified atom stereocenters. The molecule has 1 aliphatic rings. The van der Waals surface area contributed by atoms with Crippen molar-refractivity contribution in [2.45, 2.75) is 24.7 Å². The molecule has 1 heterocycles. The fourth-order valence-electron chi connectivity index (χ4n) is 1.03.